The van der Waals surface area contributed by atoms with Crippen molar-refractivity contribution >= 4 is 5.71 Å². The zero-order valence-electron chi connectivity index (χ0n) is 14.4. The first-order valence-electron chi connectivity index (χ1n) is 9.03. The normalized spacial score (nSPS) is 28.5. The highest BCUT2D eigenvalue weighted by atomic mass is 14.9. The molecule has 1 aliphatic carbocycles. The quantitative estimate of drug-likeness (QED) is 0.848. The van der Waals surface area contributed by atoms with E-state index in [1.54, 1.807) is 0 Å². The predicted octanol–water partition coefficient (Wildman–Crippen LogP) is 1.81. The van der Waals surface area contributed by atoms with Crippen LogP contribution in [0.3, 0.4) is 0 Å². The average Bonchev–Trinajstić information content (AvgIpc) is 3.00. The Morgan fingerprint density at radius 1 is 1.12 bits per heavy atom. The molecule has 0 amide bonds. The van der Waals surface area contributed by atoms with Crippen LogP contribution < -0.4 is 10.3 Å². The molecule has 122 valence electrons. The Balaban J connectivity index is 1.59. The van der Waals surface area contributed by atoms with E-state index in [1.165, 1.54) is 22.4 Å². The number of rotatable bonds is 4. The van der Waals surface area contributed by atoms with Crippen LogP contribution in [0, 0.1) is 11.8 Å². The summed E-state index contributed by atoms with van der Waals surface area (Å²) in [6, 6.07) is 11.6. The molecule has 2 heteroatoms. The lowest BCUT2D eigenvalue weighted by Gasteiger charge is -2.24. The number of hydrogen-bond acceptors (Lipinski definition) is 0. The highest BCUT2D eigenvalue weighted by Crippen LogP contribution is 2.29. The number of hydrogen-bond donors (Lipinski definition) is 2. The average molecular weight is 318 g/mol. The lowest BCUT2D eigenvalue weighted by Crippen LogP contribution is -2.91. The lowest BCUT2D eigenvalue weighted by atomic mass is 9.84. The van der Waals surface area contributed by atoms with Crippen molar-refractivity contribution in [1.82, 2.24) is 0 Å². The molecule has 0 saturated carbocycles. The first-order valence-corrected chi connectivity index (χ1v) is 9.03. The molecule has 2 nitrogen and oxygen atoms in total. The second kappa shape index (κ2) is 6.37. The molecule has 2 aliphatic heterocycles. The summed E-state index contributed by atoms with van der Waals surface area (Å²) in [5.41, 5.74) is 5.47. The fourth-order valence-electron chi connectivity index (χ4n) is 3.76. The molecule has 0 spiro atoms. The number of quaternary nitrogens is 1. The van der Waals surface area contributed by atoms with Gasteiger partial charge in [0.2, 0.25) is 0 Å². The van der Waals surface area contributed by atoms with Crippen LogP contribution >= 0.6 is 0 Å². The van der Waals surface area contributed by atoms with Gasteiger partial charge in [-0.1, -0.05) is 62.4 Å². The van der Waals surface area contributed by atoms with Crippen LogP contribution in [-0.4, -0.2) is 11.8 Å². The smallest absolute Gasteiger partial charge is 0.196 e. The molecule has 3 unspecified atom stereocenters. The SMILES string of the molecule is CC(C)C1=[NH+]C(c2ccccc2)C=C1C1=CCC(C2C=C[NH2+]2)C=C1. The van der Waals surface area contributed by atoms with E-state index in [0.29, 0.717) is 17.9 Å². The summed E-state index contributed by atoms with van der Waals surface area (Å²) in [6.07, 6.45) is 15.2. The van der Waals surface area contributed by atoms with Crippen molar-refractivity contribution in [2.45, 2.75) is 32.4 Å². The molecule has 3 atom stereocenters. The maximum Gasteiger partial charge on any atom is 0.196 e. The minimum Gasteiger partial charge on any atom is -0.314 e. The van der Waals surface area contributed by atoms with Crippen LogP contribution in [0.2, 0.25) is 0 Å². The van der Waals surface area contributed by atoms with Gasteiger partial charge in [0.05, 0.1) is 11.8 Å². The van der Waals surface area contributed by atoms with Gasteiger partial charge in [-0.25, -0.2) is 4.99 Å². The fourth-order valence-corrected chi connectivity index (χ4v) is 3.76. The summed E-state index contributed by atoms with van der Waals surface area (Å²) in [4.78, 5) is 3.74. The van der Waals surface area contributed by atoms with Crippen molar-refractivity contribution < 1.29 is 10.3 Å². The number of nitrogens with one attached hydrogen (secondary N) is 1. The molecule has 0 radical (unpaired) electrons. The van der Waals surface area contributed by atoms with Crippen molar-refractivity contribution in [2.75, 3.05) is 0 Å². The molecule has 0 aromatic heterocycles. The molecule has 1 aromatic carbocycles. The predicted molar refractivity (Wildman–Crippen MR) is 98.3 cm³/mol. The van der Waals surface area contributed by atoms with E-state index >= 15 is 0 Å². The van der Waals surface area contributed by atoms with Crippen LogP contribution in [-0.2, 0) is 0 Å². The molecular weight excluding hydrogens is 292 g/mol. The van der Waals surface area contributed by atoms with Gasteiger partial charge in [0.1, 0.15) is 6.04 Å². The van der Waals surface area contributed by atoms with Gasteiger partial charge >= 0.3 is 0 Å². The lowest BCUT2D eigenvalue weighted by molar-refractivity contribution is -0.645. The summed E-state index contributed by atoms with van der Waals surface area (Å²) in [5.74, 6) is 1.14. The number of allylic oxidation sites excluding steroid dienone is 4. The first kappa shape index (κ1) is 15.3. The zero-order chi connectivity index (χ0) is 16.5. The maximum absolute atomic E-state index is 3.74. The molecule has 1 aromatic rings. The Labute approximate surface area is 144 Å². The molecule has 3 aliphatic rings. The molecule has 2 heterocycles. The molecule has 3 N–H and O–H groups in total. The monoisotopic (exact) mass is 318 g/mol. The second-order valence-corrected chi connectivity index (χ2v) is 7.25. The third-order valence-electron chi connectivity index (χ3n) is 5.28. The van der Waals surface area contributed by atoms with Crippen LogP contribution in [0.4, 0.5) is 0 Å². The van der Waals surface area contributed by atoms with Gasteiger partial charge in [0, 0.05) is 29.6 Å². The Bertz CT molecular complexity index is 762. The van der Waals surface area contributed by atoms with E-state index in [-0.39, 0.29) is 6.04 Å². The van der Waals surface area contributed by atoms with Gasteiger partial charge in [-0.2, -0.15) is 0 Å². The standard InChI is InChI=1S/C22H24N2/c1-15(2)22-19(14-21(24-22)17-6-4-3-5-7-17)16-8-10-18(11-9-16)20-12-13-23-20/h3-10,12-15,18,20-21,23H,11H2,1-2H3/p+2. The van der Waals surface area contributed by atoms with Crippen LogP contribution in [0.25, 0.3) is 0 Å². The largest absolute Gasteiger partial charge is 0.314 e. The molecular formula is C22H26N2+2. The third kappa shape index (κ3) is 2.83. The summed E-state index contributed by atoms with van der Waals surface area (Å²) < 4.78 is 0. The van der Waals surface area contributed by atoms with Gasteiger partial charge < -0.3 is 5.32 Å². The van der Waals surface area contributed by atoms with Gasteiger partial charge in [0.25, 0.3) is 0 Å². The van der Waals surface area contributed by atoms with Gasteiger partial charge in [-0.05, 0) is 12.0 Å². The highest BCUT2D eigenvalue weighted by molar-refractivity contribution is 6.03. The van der Waals surface area contributed by atoms with Crippen molar-refractivity contribution in [3.8, 4) is 0 Å². The van der Waals surface area contributed by atoms with Crippen LogP contribution in [0.15, 0.2) is 78.1 Å². The van der Waals surface area contributed by atoms with Crippen molar-refractivity contribution in [1.29, 1.82) is 0 Å². The van der Waals surface area contributed by atoms with Crippen molar-refractivity contribution in [3.63, 3.8) is 0 Å². The summed E-state index contributed by atoms with van der Waals surface area (Å²) in [6.45, 7) is 4.54. The summed E-state index contributed by atoms with van der Waals surface area (Å²) >= 11 is 0. The Hall–Kier alpha value is -2.19. The van der Waals surface area contributed by atoms with Crippen LogP contribution in [0.5, 0.6) is 0 Å². The number of benzene rings is 1. The topological polar surface area (TPSA) is 30.6 Å². The third-order valence-corrected chi connectivity index (χ3v) is 5.28. The highest BCUT2D eigenvalue weighted by Gasteiger charge is 2.32. The maximum atomic E-state index is 3.74. The first-order chi connectivity index (χ1) is 11.7. The van der Waals surface area contributed by atoms with E-state index in [0.717, 1.165) is 6.42 Å². The van der Waals surface area contributed by atoms with Crippen LogP contribution in [0.1, 0.15) is 31.9 Å². The van der Waals surface area contributed by atoms with Crippen molar-refractivity contribution in [3.05, 3.63) is 83.6 Å². The summed E-state index contributed by atoms with van der Waals surface area (Å²) in [5, 5.41) is 2.31. The Morgan fingerprint density at radius 3 is 2.50 bits per heavy atom. The van der Waals surface area contributed by atoms with Gasteiger partial charge in [0.15, 0.2) is 11.8 Å². The minimum absolute atomic E-state index is 0.286. The van der Waals surface area contributed by atoms with Gasteiger partial charge in [-0.3, -0.25) is 0 Å². The van der Waals surface area contributed by atoms with E-state index in [1.807, 2.05) is 0 Å². The number of nitrogens with two attached hydrogens (primary N) is 1. The molecule has 4 rings (SSSR count). The van der Waals surface area contributed by atoms with E-state index in [9.17, 15) is 0 Å². The second-order valence-electron chi connectivity index (χ2n) is 7.25. The fraction of sp³-hybridized carbons (Fsp3) is 0.318. The van der Waals surface area contributed by atoms with E-state index in [2.05, 4.69) is 91.1 Å². The summed E-state index contributed by atoms with van der Waals surface area (Å²) in [7, 11) is 0. The minimum atomic E-state index is 0.286. The molecule has 0 saturated heterocycles. The molecule has 24 heavy (non-hydrogen) atoms. The van der Waals surface area contributed by atoms with E-state index in [4.69, 9.17) is 0 Å². The Kier molecular flexibility index (Phi) is 4.07. The molecule has 0 fully saturated rings. The van der Waals surface area contributed by atoms with Crippen molar-refractivity contribution in [2.24, 2.45) is 11.8 Å². The van der Waals surface area contributed by atoms with Gasteiger partial charge in [-0.15, -0.1) is 0 Å². The Morgan fingerprint density at radius 2 is 1.92 bits per heavy atom. The zero-order valence-corrected chi connectivity index (χ0v) is 14.4. The van der Waals surface area contributed by atoms with E-state index < -0.39 is 0 Å². The molecule has 0 bridgehead atoms.